The predicted molar refractivity (Wildman–Crippen MR) is 96.8 cm³/mol. The number of ether oxygens (including phenoxy) is 2. The average molecular weight is 423 g/mol. The Balaban J connectivity index is 1.68. The molecule has 0 saturated carbocycles. The van der Waals surface area contributed by atoms with Crippen LogP contribution in [-0.4, -0.2) is 18.2 Å². The number of carbonyl (C=O) groups is 1. The maximum atomic E-state index is 12.2. The van der Waals surface area contributed by atoms with Crippen molar-refractivity contribution < 1.29 is 18.8 Å². The maximum absolute atomic E-state index is 12.2. The Bertz CT molecular complexity index is 892. The summed E-state index contributed by atoms with van der Waals surface area (Å²) in [5, 5.41) is 4.56. The van der Waals surface area contributed by atoms with Gasteiger partial charge in [0.05, 0.1) is 12.7 Å². The van der Waals surface area contributed by atoms with E-state index in [0.29, 0.717) is 32.3 Å². The lowest BCUT2D eigenvalue weighted by Crippen LogP contribution is -2.06. The van der Waals surface area contributed by atoms with E-state index in [9.17, 15) is 4.79 Å². The van der Waals surface area contributed by atoms with Gasteiger partial charge in [-0.25, -0.2) is 4.79 Å². The molecule has 0 fully saturated rings. The molecule has 5 nitrogen and oxygen atoms in total. The first-order chi connectivity index (χ1) is 12.1. The van der Waals surface area contributed by atoms with Crippen molar-refractivity contribution in [2.75, 3.05) is 7.11 Å². The van der Waals surface area contributed by atoms with E-state index in [0.717, 1.165) is 5.56 Å². The molecule has 3 aromatic rings. The number of rotatable bonds is 5. The monoisotopic (exact) mass is 421 g/mol. The largest absolute Gasteiger partial charge is 0.497 e. The Hall–Kier alpha value is -2.31. The third kappa shape index (κ3) is 4.21. The molecule has 2 aromatic carbocycles. The second kappa shape index (κ2) is 7.72. The van der Waals surface area contributed by atoms with Gasteiger partial charge < -0.3 is 14.0 Å². The third-order valence-corrected chi connectivity index (χ3v) is 4.38. The van der Waals surface area contributed by atoms with Gasteiger partial charge in [-0.2, -0.15) is 0 Å². The van der Waals surface area contributed by atoms with Crippen molar-refractivity contribution in [3.63, 3.8) is 0 Å². The van der Waals surface area contributed by atoms with E-state index in [1.807, 2.05) is 12.1 Å². The summed E-state index contributed by atoms with van der Waals surface area (Å²) < 4.78 is 16.3. The molecule has 0 aliphatic carbocycles. The highest BCUT2D eigenvalue weighted by atomic mass is 79.9. The van der Waals surface area contributed by atoms with Crippen LogP contribution < -0.4 is 4.74 Å². The highest BCUT2D eigenvalue weighted by Gasteiger charge is 2.15. The van der Waals surface area contributed by atoms with Gasteiger partial charge in [-0.15, -0.1) is 0 Å². The molecule has 0 atom stereocenters. The molecule has 128 valence electrons. The molecule has 0 saturated heterocycles. The van der Waals surface area contributed by atoms with E-state index in [1.165, 1.54) is 7.11 Å². The predicted octanol–water partition coefficient (Wildman–Crippen LogP) is 5.12. The number of methoxy groups -OCH3 is 1. The minimum Gasteiger partial charge on any atom is -0.497 e. The number of halogens is 2. The van der Waals surface area contributed by atoms with E-state index in [1.54, 1.807) is 36.4 Å². The van der Waals surface area contributed by atoms with Crippen LogP contribution >= 0.6 is 27.5 Å². The average Bonchev–Trinajstić information content (AvgIpc) is 3.09. The van der Waals surface area contributed by atoms with E-state index < -0.39 is 5.97 Å². The number of benzene rings is 2. The SMILES string of the molecule is COc1ccc(Br)c(C(=O)OCc2cc(-c3ccc(Cl)cc3)on2)c1. The van der Waals surface area contributed by atoms with Crippen molar-refractivity contribution in [3.05, 3.63) is 69.3 Å². The second-order valence-corrected chi connectivity index (χ2v) is 6.40. The van der Waals surface area contributed by atoms with Crippen LogP contribution in [-0.2, 0) is 11.3 Å². The molecular weight excluding hydrogens is 410 g/mol. The molecule has 3 rings (SSSR count). The lowest BCUT2D eigenvalue weighted by molar-refractivity contribution is 0.0463. The molecule has 25 heavy (non-hydrogen) atoms. The van der Waals surface area contributed by atoms with Crippen molar-refractivity contribution >= 4 is 33.5 Å². The summed E-state index contributed by atoms with van der Waals surface area (Å²) in [6, 6.07) is 14.0. The lowest BCUT2D eigenvalue weighted by Gasteiger charge is -2.06. The smallest absolute Gasteiger partial charge is 0.339 e. The summed E-state index contributed by atoms with van der Waals surface area (Å²) in [6.45, 7) is -0.000424. The number of nitrogens with zero attached hydrogens (tertiary/aromatic N) is 1. The van der Waals surface area contributed by atoms with Gasteiger partial charge in [0.2, 0.25) is 0 Å². The minimum atomic E-state index is -0.484. The first kappa shape index (κ1) is 17.5. The number of esters is 1. The molecule has 0 N–H and O–H groups in total. The van der Waals surface area contributed by atoms with Crippen LogP contribution in [0.4, 0.5) is 0 Å². The van der Waals surface area contributed by atoms with Crippen LogP contribution in [0.1, 0.15) is 16.1 Å². The second-order valence-electron chi connectivity index (χ2n) is 5.11. The highest BCUT2D eigenvalue weighted by Crippen LogP contribution is 2.25. The van der Waals surface area contributed by atoms with Crippen LogP contribution in [0.15, 0.2) is 57.5 Å². The Morgan fingerprint density at radius 3 is 2.68 bits per heavy atom. The topological polar surface area (TPSA) is 61.6 Å². The van der Waals surface area contributed by atoms with Crippen molar-refractivity contribution in [1.82, 2.24) is 5.16 Å². The summed E-state index contributed by atoms with van der Waals surface area (Å²) >= 11 is 9.19. The Kier molecular flexibility index (Phi) is 5.40. The van der Waals surface area contributed by atoms with Gasteiger partial charge in [0.25, 0.3) is 0 Å². The number of aromatic nitrogens is 1. The zero-order chi connectivity index (χ0) is 17.8. The molecule has 1 heterocycles. The van der Waals surface area contributed by atoms with Crippen LogP contribution in [0, 0.1) is 0 Å². The van der Waals surface area contributed by atoms with Gasteiger partial charge in [-0.3, -0.25) is 0 Å². The Morgan fingerprint density at radius 1 is 1.20 bits per heavy atom. The fourth-order valence-corrected chi connectivity index (χ4v) is 2.67. The van der Waals surface area contributed by atoms with E-state index in [4.69, 9.17) is 25.6 Å². The summed E-state index contributed by atoms with van der Waals surface area (Å²) in [5.74, 6) is 0.661. The molecule has 0 unspecified atom stereocenters. The molecule has 0 aliphatic rings. The molecule has 0 amide bonds. The number of hydrogen-bond donors (Lipinski definition) is 0. The van der Waals surface area contributed by atoms with Crippen molar-refractivity contribution in [1.29, 1.82) is 0 Å². The first-order valence-corrected chi connectivity index (χ1v) is 8.46. The van der Waals surface area contributed by atoms with Gasteiger partial charge in [0, 0.05) is 21.1 Å². The van der Waals surface area contributed by atoms with Gasteiger partial charge in [0.1, 0.15) is 18.1 Å². The quantitative estimate of drug-likeness (QED) is 0.534. The number of hydrogen-bond acceptors (Lipinski definition) is 5. The van der Waals surface area contributed by atoms with E-state index >= 15 is 0 Å². The molecule has 1 aromatic heterocycles. The first-order valence-electron chi connectivity index (χ1n) is 7.29. The van der Waals surface area contributed by atoms with Crippen LogP contribution in [0.5, 0.6) is 5.75 Å². The molecule has 0 radical (unpaired) electrons. The van der Waals surface area contributed by atoms with Crippen molar-refractivity contribution in [2.45, 2.75) is 6.61 Å². The van der Waals surface area contributed by atoms with Gasteiger partial charge in [0.15, 0.2) is 5.76 Å². The highest BCUT2D eigenvalue weighted by molar-refractivity contribution is 9.10. The zero-order valence-electron chi connectivity index (χ0n) is 13.2. The molecule has 7 heteroatoms. The van der Waals surface area contributed by atoms with Gasteiger partial charge >= 0.3 is 5.97 Å². The van der Waals surface area contributed by atoms with Crippen LogP contribution in [0.25, 0.3) is 11.3 Å². The fraction of sp³-hybridized carbons (Fsp3) is 0.111. The van der Waals surface area contributed by atoms with E-state index in [2.05, 4.69) is 21.1 Å². The third-order valence-electron chi connectivity index (χ3n) is 3.43. The lowest BCUT2D eigenvalue weighted by atomic mass is 10.2. The fourth-order valence-electron chi connectivity index (χ4n) is 2.14. The summed E-state index contributed by atoms with van der Waals surface area (Å²) in [7, 11) is 1.53. The molecular formula is C18H13BrClNO4. The van der Waals surface area contributed by atoms with Crippen LogP contribution in [0.2, 0.25) is 5.02 Å². The molecule has 0 aliphatic heterocycles. The Labute approximate surface area is 157 Å². The summed E-state index contributed by atoms with van der Waals surface area (Å²) in [4.78, 5) is 12.2. The minimum absolute atomic E-state index is 0.000424. The normalized spacial score (nSPS) is 10.5. The molecule has 0 spiro atoms. The maximum Gasteiger partial charge on any atom is 0.339 e. The number of carbonyl (C=O) groups excluding carboxylic acids is 1. The Morgan fingerprint density at radius 2 is 1.96 bits per heavy atom. The van der Waals surface area contributed by atoms with E-state index in [-0.39, 0.29) is 6.61 Å². The van der Waals surface area contributed by atoms with Crippen molar-refractivity contribution in [3.8, 4) is 17.1 Å². The molecule has 0 bridgehead atoms. The van der Waals surface area contributed by atoms with Gasteiger partial charge in [-0.1, -0.05) is 16.8 Å². The zero-order valence-corrected chi connectivity index (χ0v) is 15.5. The standard InChI is InChI=1S/C18H13BrClNO4/c1-23-14-6-7-16(19)15(9-14)18(22)24-10-13-8-17(25-21-13)11-2-4-12(20)5-3-11/h2-9H,10H2,1H3. The van der Waals surface area contributed by atoms with Crippen molar-refractivity contribution in [2.24, 2.45) is 0 Å². The van der Waals surface area contributed by atoms with Gasteiger partial charge in [-0.05, 0) is 58.4 Å². The van der Waals surface area contributed by atoms with Crippen LogP contribution in [0.3, 0.4) is 0 Å². The summed E-state index contributed by atoms with van der Waals surface area (Å²) in [5.41, 5.74) is 1.73. The summed E-state index contributed by atoms with van der Waals surface area (Å²) in [6.07, 6.45) is 0.